The van der Waals surface area contributed by atoms with Crippen molar-refractivity contribution in [3.05, 3.63) is 89.5 Å². The van der Waals surface area contributed by atoms with E-state index in [1.54, 1.807) is 28.9 Å². The molecule has 0 fully saturated rings. The summed E-state index contributed by atoms with van der Waals surface area (Å²) in [6, 6.07) is 19.0. The number of halogens is 3. The van der Waals surface area contributed by atoms with Crippen LogP contribution in [0.2, 0.25) is 0 Å². The number of carbonyl (C=O) groups excluding carboxylic acids is 1. The highest BCUT2D eigenvalue weighted by Crippen LogP contribution is 2.30. The Hall–Kier alpha value is -3.81. The molecule has 3 aromatic carbocycles. The molecule has 158 valence electrons. The van der Waals surface area contributed by atoms with Gasteiger partial charge in [-0.25, -0.2) is 0 Å². The normalized spacial score (nSPS) is 11.5. The molecule has 1 heterocycles. The van der Waals surface area contributed by atoms with Crippen molar-refractivity contribution in [1.29, 1.82) is 0 Å². The van der Waals surface area contributed by atoms with Crippen LogP contribution >= 0.6 is 0 Å². The smallest absolute Gasteiger partial charge is 0.416 e. The molecule has 0 unspecified atom stereocenters. The van der Waals surface area contributed by atoms with Crippen molar-refractivity contribution in [2.45, 2.75) is 12.7 Å². The molecule has 4 aromatic rings. The fourth-order valence-electron chi connectivity index (χ4n) is 3.26. The largest absolute Gasteiger partial charge is 0.497 e. The maximum absolute atomic E-state index is 12.8. The highest BCUT2D eigenvalue weighted by atomic mass is 19.4. The van der Waals surface area contributed by atoms with Gasteiger partial charge in [0, 0.05) is 10.9 Å². The number of rotatable bonds is 5. The number of amides is 1. The van der Waals surface area contributed by atoms with E-state index in [0.29, 0.717) is 22.7 Å². The van der Waals surface area contributed by atoms with Gasteiger partial charge < -0.3 is 10.1 Å². The first-order chi connectivity index (χ1) is 14.8. The first-order valence-electron chi connectivity index (χ1n) is 9.42. The third-order valence-corrected chi connectivity index (χ3v) is 4.84. The zero-order valence-corrected chi connectivity index (χ0v) is 16.5. The zero-order valence-electron chi connectivity index (χ0n) is 16.5. The Bertz CT molecular complexity index is 1230. The lowest BCUT2D eigenvalue weighted by atomic mass is 10.1. The molecule has 1 amide bonds. The predicted octanol–water partition coefficient (Wildman–Crippen LogP) is 5.36. The van der Waals surface area contributed by atoms with Crippen LogP contribution in [0.3, 0.4) is 0 Å². The molecule has 5 nitrogen and oxygen atoms in total. The molecule has 4 rings (SSSR count). The molecule has 0 radical (unpaired) electrons. The Morgan fingerprint density at radius 1 is 1.03 bits per heavy atom. The lowest BCUT2D eigenvalue weighted by Crippen LogP contribution is -2.13. The van der Waals surface area contributed by atoms with E-state index in [1.807, 2.05) is 24.3 Å². The minimum absolute atomic E-state index is 0.258. The summed E-state index contributed by atoms with van der Waals surface area (Å²) in [5.41, 5.74) is 1.13. The minimum atomic E-state index is -4.38. The number of nitrogens with zero attached hydrogens (tertiary/aromatic N) is 2. The van der Waals surface area contributed by atoms with Crippen LogP contribution in [-0.2, 0) is 12.7 Å². The van der Waals surface area contributed by atoms with Crippen molar-refractivity contribution in [3.63, 3.8) is 0 Å². The number of fused-ring (bicyclic) bond motifs is 1. The summed E-state index contributed by atoms with van der Waals surface area (Å²) in [5.74, 6) is 0.588. The molecular formula is C23H18F3N3O2. The zero-order chi connectivity index (χ0) is 22.0. The fourth-order valence-corrected chi connectivity index (χ4v) is 3.26. The molecule has 0 saturated carbocycles. The molecule has 0 saturated heterocycles. The summed E-state index contributed by atoms with van der Waals surface area (Å²) in [6.45, 7) is 0.258. The number of anilines is 1. The predicted molar refractivity (Wildman–Crippen MR) is 111 cm³/mol. The van der Waals surface area contributed by atoms with Crippen LogP contribution in [0.15, 0.2) is 72.8 Å². The number of aromatic nitrogens is 2. The maximum atomic E-state index is 12.8. The number of ether oxygens (including phenoxy) is 1. The fraction of sp³-hybridized carbons (Fsp3) is 0.130. The van der Waals surface area contributed by atoms with E-state index >= 15 is 0 Å². The Morgan fingerprint density at radius 2 is 1.77 bits per heavy atom. The second-order valence-corrected chi connectivity index (χ2v) is 6.90. The monoisotopic (exact) mass is 425 g/mol. The minimum Gasteiger partial charge on any atom is -0.497 e. The van der Waals surface area contributed by atoms with Gasteiger partial charge in [0.1, 0.15) is 5.75 Å². The third kappa shape index (κ3) is 4.37. The number of hydrogen-bond donors (Lipinski definition) is 1. The van der Waals surface area contributed by atoms with Crippen LogP contribution in [0.1, 0.15) is 21.5 Å². The van der Waals surface area contributed by atoms with Crippen molar-refractivity contribution in [2.75, 3.05) is 12.4 Å². The summed E-state index contributed by atoms with van der Waals surface area (Å²) in [5, 5.41) is 8.04. The Morgan fingerprint density at radius 3 is 2.48 bits per heavy atom. The number of methoxy groups -OCH3 is 1. The highest BCUT2D eigenvalue weighted by molar-refractivity contribution is 6.08. The van der Waals surface area contributed by atoms with E-state index < -0.39 is 11.7 Å². The van der Waals surface area contributed by atoms with Gasteiger partial charge in [0.2, 0.25) is 0 Å². The van der Waals surface area contributed by atoms with Crippen molar-refractivity contribution in [2.24, 2.45) is 0 Å². The average molecular weight is 425 g/mol. The van der Waals surface area contributed by atoms with E-state index in [1.165, 1.54) is 19.2 Å². The third-order valence-electron chi connectivity index (χ3n) is 4.84. The number of benzene rings is 3. The number of hydrogen-bond acceptors (Lipinski definition) is 3. The van der Waals surface area contributed by atoms with Crippen LogP contribution in [-0.4, -0.2) is 22.8 Å². The molecule has 0 aliphatic rings. The summed E-state index contributed by atoms with van der Waals surface area (Å²) in [4.78, 5) is 12.7. The van der Waals surface area contributed by atoms with E-state index in [9.17, 15) is 18.0 Å². The summed E-state index contributed by atoms with van der Waals surface area (Å²) < 4.78 is 45.2. The molecule has 1 N–H and O–H groups in total. The molecule has 8 heteroatoms. The SMILES string of the molecule is COc1cccc(C(=O)Nc2nn(Cc3ccc(C(F)(F)F)cc3)c3ccccc23)c1. The van der Waals surface area contributed by atoms with Gasteiger partial charge in [0.15, 0.2) is 5.82 Å². The van der Waals surface area contributed by atoms with Crippen LogP contribution in [0.4, 0.5) is 19.0 Å². The van der Waals surface area contributed by atoms with Crippen molar-refractivity contribution in [1.82, 2.24) is 9.78 Å². The van der Waals surface area contributed by atoms with E-state index in [0.717, 1.165) is 23.0 Å². The van der Waals surface area contributed by atoms with Gasteiger partial charge in [-0.3, -0.25) is 9.48 Å². The molecule has 0 aliphatic carbocycles. The molecule has 1 aromatic heterocycles. The van der Waals surface area contributed by atoms with Gasteiger partial charge in [-0.15, -0.1) is 0 Å². The lowest BCUT2D eigenvalue weighted by Gasteiger charge is -2.08. The quantitative estimate of drug-likeness (QED) is 0.468. The number of carbonyl (C=O) groups is 1. The van der Waals surface area contributed by atoms with Gasteiger partial charge in [-0.05, 0) is 48.0 Å². The van der Waals surface area contributed by atoms with E-state index in [-0.39, 0.29) is 12.5 Å². The molecule has 0 bridgehead atoms. The van der Waals surface area contributed by atoms with Gasteiger partial charge in [-0.1, -0.05) is 30.3 Å². The first-order valence-corrected chi connectivity index (χ1v) is 9.42. The van der Waals surface area contributed by atoms with Gasteiger partial charge in [0.25, 0.3) is 5.91 Å². The summed E-state index contributed by atoms with van der Waals surface area (Å²) >= 11 is 0. The van der Waals surface area contributed by atoms with E-state index in [4.69, 9.17) is 4.74 Å². The van der Waals surface area contributed by atoms with Gasteiger partial charge >= 0.3 is 6.18 Å². The number of para-hydroxylation sites is 1. The van der Waals surface area contributed by atoms with Crippen LogP contribution < -0.4 is 10.1 Å². The summed E-state index contributed by atoms with van der Waals surface area (Å²) in [6.07, 6.45) is -4.38. The highest BCUT2D eigenvalue weighted by Gasteiger charge is 2.30. The van der Waals surface area contributed by atoms with Crippen LogP contribution in [0, 0.1) is 0 Å². The topological polar surface area (TPSA) is 56.1 Å². The molecule has 31 heavy (non-hydrogen) atoms. The maximum Gasteiger partial charge on any atom is 0.416 e. The summed E-state index contributed by atoms with van der Waals surface area (Å²) in [7, 11) is 1.52. The van der Waals surface area contributed by atoms with Crippen LogP contribution in [0.25, 0.3) is 10.9 Å². The number of nitrogens with one attached hydrogen (secondary N) is 1. The second-order valence-electron chi connectivity index (χ2n) is 6.90. The molecule has 0 aliphatic heterocycles. The Labute approximate surface area is 176 Å². The van der Waals surface area contributed by atoms with Crippen molar-refractivity contribution in [3.8, 4) is 5.75 Å². The Balaban J connectivity index is 1.62. The van der Waals surface area contributed by atoms with E-state index in [2.05, 4.69) is 10.4 Å². The van der Waals surface area contributed by atoms with Crippen molar-refractivity contribution >= 4 is 22.6 Å². The van der Waals surface area contributed by atoms with Crippen LogP contribution in [0.5, 0.6) is 5.75 Å². The van der Waals surface area contributed by atoms with Crippen molar-refractivity contribution < 1.29 is 22.7 Å². The lowest BCUT2D eigenvalue weighted by molar-refractivity contribution is -0.137. The second kappa shape index (κ2) is 8.14. The number of alkyl halides is 3. The standard InChI is InChI=1S/C23H18F3N3O2/c1-31-18-6-4-5-16(13-18)22(30)27-21-19-7-2-3-8-20(19)29(28-21)14-15-9-11-17(12-10-15)23(24,25)26/h2-13H,14H2,1H3,(H,27,28,30). The molecule has 0 atom stereocenters. The van der Waals surface area contributed by atoms with Gasteiger partial charge in [0.05, 0.1) is 24.7 Å². The first kappa shape index (κ1) is 20.5. The molecular weight excluding hydrogens is 407 g/mol. The van der Waals surface area contributed by atoms with Gasteiger partial charge in [-0.2, -0.15) is 18.3 Å². The average Bonchev–Trinajstić information content (AvgIpc) is 3.10. The Kier molecular flexibility index (Phi) is 5.37. The molecule has 0 spiro atoms.